The van der Waals surface area contributed by atoms with Crippen LogP contribution in [0.15, 0.2) is 30.3 Å². The molecule has 0 unspecified atom stereocenters. The number of alkyl halides is 3. The molecule has 0 N–H and O–H groups in total. The van der Waals surface area contributed by atoms with E-state index >= 15 is 0 Å². The van der Waals surface area contributed by atoms with Crippen LogP contribution in [0.4, 0.5) is 13.2 Å². The quantitative estimate of drug-likeness (QED) is 0.787. The van der Waals surface area contributed by atoms with Crippen LogP contribution < -0.4 is 0 Å². The van der Waals surface area contributed by atoms with E-state index in [0.717, 1.165) is 6.07 Å². The minimum atomic E-state index is -4.48. The summed E-state index contributed by atoms with van der Waals surface area (Å²) < 4.78 is 43.0. The topological polar surface area (TPSA) is 39.2 Å². The second-order valence-electron chi connectivity index (χ2n) is 3.93. The van der Waals surface area contributed by atoms with Gasteiger partial charge in [0.2, 0.25) is 0 Å². The number of nitrogens with zero attached hydrogens (tertiary/aromatic N) is 1. The van der Waals surface area contributed by atoms with Crippen LogP contribution in [0.25, 0.3) is 10.9 Å². The standard InChI is InChI=1S/C13H10F3NO2/c1-19-11(18)7-9-6-5-8-3-2-4-10(12(8)17-9)13(14,15)16/h2-6H,7H2,1H3. The maximum absolute atomic E-state index is 12.8. The summed E-state index contributed by atoms with van der Waals surface area (Å²) in [5.74, 6) is -0.545. The molecule has 1 heterocycles. The normalized spacial score (nSPS) is 11.6. The van der Waals surface area contributed by atoms with Crippen molar-refractivity contribution < 1.29 is 22.7 Å². The zero-order valence-electron chi connectivity index (χ0n) is 9.99. The van der Waals surface area contributed by atoms with Crippen LogP contribution in [0.3, 0.4) is 0 Å². The molecule has 1 aromatic carbocycles. The van der Waals surface area contributed by atoms with Crippen LogP contribution in [0.1, 0.15) is 11.3 Å². The van der Waals surface area contributed by atoms with Gasteiger partial charge >= 0.3 is 12.1 Å². The summed E-state index contributed by atoms with van der Waals surface area (Å²) in [6, 6.07) is 6.86. The number of pyridine rings is 1. The van der Waals surface area contributed by atoms with Crippen molar-refractivity contribution in [3.63, 3.8) is 0 Å². The summed E-state index contributed by atoms with van der Waals surface area (Å²) in [7, 11) is 1.21. The molecule has 0 aliphatic rings. The van der Waals surface area contributed by atoms with Gasteiger partial charge in [-0.15, -0.1) is 0 Å². The molecule has 2 aromatic rings. The van der Waals surface area contributed by atoms with Gasteiger partial charge in [0.05, 0.1) is 30.3 Å². The van der Waals surface area contributed by atoms with Crippen LogP contribution >= 0.6 is 0 Å². The monoisotopic (exact) mass is 269 g/mol. The number of halogens is 3. The van der Waals surface area contributed by atoms with E-state index in [1.54, 1.807) is 6.07 Å². The number of methoxy groups -OCH3 is 1. The third-order valence-corrected chi connectivity index (χ3v) is 2.64. The van der Waals surface area contributed by atoms with Crippen molar-refractivity contribution in [3.8, 4) is 0 Å². The second-order valence-corrected chi connectivity index (χ2v) is 3.93. The minimum Gasteiger partial charge on any atom is -0.469 e. The van der Waals surface area contributed by atoms with Crippen molar-refractivity contribution in [2.75, 3.05) is 7.11 Å². The SMILES string of the molecule is COC(=O)Cc1ccc2cccc(C(F)(F)F)c2n1. The first-order chi connectivity index (χ1) is 8.91. The van der Waals surface area contributed by atoms with Crippen LogP contribution in [0, 0.1) is 0 Å². The van der Waals surface area contributed by atoms with E-state index in [1.807, 2.05) is 0 Å². The first kappa shape index (κ1) is 13.3. The summed E-state index contributed by atoms with van der Waals surface area (Å²) in [5, 5.41) is 0.378. The summed E-state index contributed by atoms with van der Waals surface area (Å²) in [5.41, 5.74) is -0.718. The Bertz CT molecular complexity index is 623. The number of esters is 1. The molecule has 0 aliphatic heterocycles. The molecule has 6 heteroatoms. The van der Waals surface area contributed by atoms with Gasteiger partial charge in [0.25, 0.3) is 0 Å². The highest BCUT2D eigenvalue weighted by Crippen LogP contribution is 2.33. The van der Waals surface area contributed by atoms with Gasteiger partial charge in [-0.3, -0.25) is 9.78 Å². The fraction of sp³-hybridized carbons (Fsp3) is 0.231. The van der Waals surface area contributed by atoms with Gasteiger partial charge in [-0.1, -0.05) is 18.2 Å². The third-order valence-electron chi connectivity index (χ3n) is 2.64. The molecule has 100 valence electrons. The number of fused-ring (bicyclic) bond motifs is 1. The smallest absolute Gasteiger partial charge is 0.418 e. The second kappa shape index (κ2) is 4.87. The third kappa shape index (κ3) is 2.83. The number of carbonyl (C=O) groups is 1. The molecule has 0 amide bonds. The predicted octanol–water partition coefficient (Wildman–Crippen LogP) is 2.97. The first-order valence-electron chi connectivity index (χ1n) is 5.44. The van der Waals surface area contributed by atoms with Crippen molar-refractivity contribution in [2.24, 2.45) is 0 Å². The number of rotatable bonds is 2. The van der Waals surface area contributed by atoms with Crippen molar-refractivity contribution in [1.29, 1.82) is 0 Å². The van der Waals surface area contributed by atoms with E-state index in [0.29, 0.717) is 5.39 Å². The highest BCUT2D eigenvalue weighted by molar-refractivity contribution is 5.83. The molecule has 0 spiro atoms. The lowest BCUT2D eigenvalue weighted by molar-refractivity contribution is -0.139. The molecule has 2 rings (SSSR count). The van der Waals surface area contributed by atoms with Gasteiger partial charge in [0.1, 0.15) is 0 Å². The van der Waals surface area contributed by atoms with E-state index < -0.39 is 17.7 Å². The van der Waals surface area contributed by atoms with Gasteiger partial charge < -0.3 is 4.74 Å². The van der Waals surface area contributed by atoms with Gasteiger partial charge in [-0.05, 0) is 12.1 Å². The van der Waals surface area contributed by atoms with E-state index in [1.165, 1.54) is 25.3 Å². The zero-order chi connectivity index (χ0) is 14.0. The molecule has 0 radical (unpaired) electrons. The molecule has 0 bridgehead atoms. The van der Waals surface area contributed by atoms with Crippen LogP contribution in [-0.2, 0) is 22.1 Å². The Balaban J connectivity index is 2.54. The van der Waals surface area contributed by atoms with Crippen molar-refractivity contribution in [3.05, 3.63) is 41.6 Å². The molecule has 0 atom stereocenters. The molecule has 0 saturated heterocycles. The van der Waals surface area contributed by atoms with Gasteiger partial charge in [-0.2, -0.15) is 13.2 Å². The lowest BCUT2D eigenvalue weighted by Gasteiger charge is -2.10. The van der Waals surface area contributed by atoms with Crippen molar-refractivity contribution in [1.82, 2.24) is 4.98 Å². The van der Waals surface area contributed by atoms with E-state index in [9.17, 15) is 18.0 Å². The fourth-order valence-corrected chi connectivity index (χ4v) is 1.73. The largest absolute Gasteiger partial charge is 0.469 e. The van der Waals surface area contributed by atoms with E-state index in [-0.39, 0.29) is 17.6 Å². The number of hydrogen-bond acceptors (Lipinski definition) is 3. The molecule has 0 fully saturated rings. The molecule has 1 aromatic heterocycles. The number of hydrogen-bond donors (Lipinski definition) is 0. The average Bonchev–Trinajstić information content (AvgIpc) is 2.36. The van der Waals surface area contributed by atoms with E-state index in [4.69, 9.17) is 0 Å². The Labute approximate surface area is 107 Å². The molecule has 0 aliphatic carbocycles. The van der Waals surface area contributed by atoms with Crippen molar-refractivity contribution in [2.45, 2.75) is 12.6 Å². The maximum atomic E-state index is 12.8. The molecule has 0 saturated carbocycles. The van der Waals surface area contributed by atoms with Gasteiger partial charge in [0.15, 0.2) is 0 Å². The minimum absolute atomic E-state index is 0.154. The summed E-state index contributed by atoms with van der Waals surface area (Å²) in [4.78, 5) is 15.0. The Kier molecular flexibility index (Phi) is 3.42. The lowest BCUT2D eigenvalue weighted by Crippen LogP contribution is -2.09. The Morgan fingerprint density at radius 1 is 1.26 bits per heavy atom. The van der Waals surface area contributed by atoms with Gasteiger partial charge in [-0.25, -0.2) is 0 Å². The number of ether oxygens (including phenoxy) is 1. The highest BCUT2D eigenvalue weighted by Gasteiger charge is 2.33. The van der Waals surface area contributed by atoms with E-state index in [2.05, 4.69) is 9.72 Å². The summed E-state index contributed by atoms with van der Waals surface area (Å²) in [6.45, 7) is 0. The lowest BCUT2D eigenvalue weighted by atomic mass is 10.1. The van der Waals surface area contributed by atoms with Crippen LogP contribution in [-0.4, -0.2) is 18.1 Å². The van der Waals surface area contributed by atoms with Crippen LogP contribution in [0.5, 0.6) is 0 Å². The number of benzene rings is 1. The first-order valence-corrected chi connectivity index (χ1v) is 5.44. The van der Waals surface area contributed by atoms with Crippen molar-refractivity contribution >= 4 is 16.9 Å². The molecular formula is C13H10F3NO2. The average molecular weight is 269 g/mol. The van der Waals surface area contributed by atoms with Gasteiger partial charge in [0, 0.05) is 5.39 Å². The summed E-state index contributed by atoms with van der Waals surface area (Å²) >= 11 is 0. The number of para-hydroxylation sites is 1. The molecular weight excluding hydrogens is 259 g/mol. The van der Waals surface area contributed by atoms with Crippen LogP contribution in [0.2, 0.25) is 0 Å². The number of aromatic nitrogens is 1. The number of carbonyl (C=O) groups excluding carboxylic acids is 1. The predicted molar refractivity (Wildman–Crippen MR) is 62.5 cm³/mol. The molecule has 19 heavy (non-hydrogen) atoms. The Morgan fingerprint density at radius 2 is 2.00 bits per heavy atom. The molecule has 3 nitrogen and oxygen atoms in total. The maximum Gasteiger partial charge on any atom is 0.418 e. The summed E-state index contributed by atoms with van der Waals surface area (Å²) in [6.07, 6.45) is -4.63. The highest BCUT2D eigenvalue weighted by atomic mass is 19.4. The Morgan fingerprint density at radius 3 is 2.63 bits per heavy atom. The fourth-order valence-electron chi connectivity index (χ4n) is 1.73. The zero-order valence-corrected chi connectivity index (χ0v) is 9.99. The Hall–Kier alpha value is -2.11.